The second-order valence-corrected chi connectivity index (χ2v) is 7.25. The molecule has 0 atom stereocenters. The first-order chi connectivity index (χ1) is 16.1. The number of carbonyl (C=O) groups excluding carboxylic acids is 2. The molecule has 1 aromatic heterocycles. The van der Waals surface area contributed by atoms with E-state index in [9.17, 15) is 9.59 Å². The van der Waals surface area contributed by atoms with Crippen molar-refractivity contribution in [2.24, 2.45) is 0 Å². The molecule has 1 heterocycles. The van der Waals surface area contributed by atoms with Crippen LogP contribution in [0.1, 0.15) is 26.3 Å². The van der Waals surface area contributed by atoms with Crippen LogP contribution in [-0.2, 0) is 11.3 Å². The highest BCUT2D eigenvalue weighted by atomic mass is 16.5. The van der Waals surface area contributed by atoms with E-state index in [2.05, 4.69) is 10.4 Å². The predicted molar refractivity (Wildman–Crippen MR) is 125 cm³/mol. The maximum absolute atomic E-state index is 13.2. The monoisotopic (exact) mass is 441 g/mol. The molecular weight excluding hydrogens is 418 g/mol. The van der Waals surface area contributed by atoms with E-state index in [1.165, 1.54) is 14.2 Å². The van der Waals surface area contributed by atoms with Crippen LogP contribution in [0.5, 0.6) is 5.75 Å². The largest absolute Gasteiger partial charge is 0.496 e. The summed E-state index contributed by atoms with van der Waals surface area (Å²) in [5, 5.41) is 7.60. The van der Waals surface area contributed by atoms with Gasteiger partial charge in [0.05, 0.1) is 25.5 Å². The van der Waals surface area contributed by atoms with Crippen molar-refractivity contribution < 1.29 is 19.1 Å². The number of methoxy groups -OCH3 is 2. The fourth-order valence-electron chi connectivity index (χ4n) is 3.47. The van der Waals surface area contributed by atoms with Crippen molar-refractivity contribution in [1.29, 1.82) is 0 Å². The quantitative estimate of drug-likeness (QED) is 0.433. The van der Waals surface area contributed by atoms with E-state index in [1.54, 1.807) is 29.1 Å². The number of benzene rings is 3. The van der Waals surface area contributed by atoms with E-state index in [0.717, 1.165) is 16.8 Å². The molecule has 0 aliphatic carbocycles. The Labute approximate surface area is 191 Å². The zero-order valence-corrected chi connectivity index (χ0v) is 18.3. The van der Waals surface area contributed by atoms with Gasteiger partial charge in [-0.1, -0.05) is 54.6 Å². The molecule has 0 radical (unpaired) electrons. The third kappa shape index (κ3) is 4.77. The summed E-state index contributed by atoms with van der Waals surface area (Å²) >= 11 is 0. The molecule has 0 bridgehead atoms. The minimum Gasteiger partial charge on any atom is -0.496 e. The molecule has 1 N–H and O–H groups in total. The van der Waals surface area contributed by atoms with Gasteiger partial charge in [-0.3, -0.25) is 4.79 Å². The lowest BCUT2D eigenvalue weighted by atomic mass is 10.1. The van der Waals surface area contributed by atoms with Crippen molar-refractivity contribution in [2.45, 2.75) is 6.54 Å². The molecule has 1 amide bonds. The second kappa shape index (κ2) is 9.82. The Bertz CT molecular complexity index is 1270. The molecule has 7 nitrogen and oxygen atoms in total. The molecule has 0 saturated heterocycles. The molecule has 4 rings (SSSR count). The summed E-state index contributed by atoms with van der Waals surface area (Å²) in [4.78, 5) is 25.2. The highest BCUT2D eigenvalue weighted by Crippen LogP contribution is 2.24. The summed E-state index contributed by atoms with van der Waals surface area (Å²) in [6.07, 6.45) is 1.72. The Morgan fingerprint density at radius 3 is 2.27 bits per heavy atom. The molecule has 0 spiro atoms. The maximum atomic E-state index is 13.2. The van der Waals surface area contributed by atoms with Crippen LogP contribution in [-0.4, -0.2) is 35.9 Å². The molecule has 166 valence electrons. The van der Waals surface area contributed by atoms with Crippen molar-refractivity contribution in [3.05, 3.63) is 102 Å². The minimum absolute atomic E-state index is 0.220. The van der Waals surface area contributed by atoms with Gasteiger partial charge in [-0.2, -0.15) is 5.10 Å². The van der Waals surface area contributed by atoms with Crippen LogP contribution < -0.4 is 10.1 Å². The average Bonchev–Trinajstić information content (AvgIpc) is 3.33. The van der Waals surface area contributed by atoms with Gasteiger partial charge < -0.3 is 14.8 Å². The van der Waals surface area contributed by atoms with Crippen LogP contribution in [0.3, 0.4) is 0 Å². The normalized spacial score (nSPS) is 10.5. The zero-order chi connectivity index (χ0) is 23.2. The second-order valence-electron chi connectivity index (χ2n) is 7.25. The van der Waals surface area contributed by atoms with E-state index < -0.39 is 5.97 Å². The number of amides is 1. The first-order valence-electron chi connectivity index (χ1n) is 10.3. The standard InChI is InChI=1S/C26H23N3O4/c1-32-23-14-13-18(15-21(23)26(31)33-2)16-27-25(30)22-17-29(20-11-7-4-8-12-20)28-24(22)19-9-5-3-6-10-19/h3-15,17H,16H2,1-2H3,(H,27,30). The molecule has 0 aliphatic heterocycles. The van der Waals surface area contributed by atoms with Gasteiger partial charge in [0.15, 0.2) is 0 Å². The Morgan fingerprint density at radius 2 is 1.61 bits per heavy atom. The first-order valence-corrected chi connectivity index (χ1v) is 10.3. The highest BCUT2D eigenvalue weighted by Gasteiger charge is 2.19. The topological polar surface area (TPSA) is 82.5 Å². The Morgan fingerprint density at radius 1 is 0.909 bits per heavy atom. The van der Waals surface area contributed by atoms with Gasteiger partial charge in [0.1, 0.15) is 17.0 Å². The lowest BCUT2D eigenvalue weighted by Gasteiger charge is -2.10. The number of hydrogen-bond acceptors (Lipinski definition) is 5. The van der Waals surface area contributed by atoms with E-state index >= 15 is 0 Å². The summed E-state index contributed by atoms with van der Waals surface area (Å²) in [5.74, 6) is -0.366. The number of esters is 1. The number of nitrogens with zero attached hydrogens (tertiary/aromatic N) is 2. The lowest BCUT2D eigenvalue weighted by molar-refractivity contribution is 0.0597. The number of hydrogen-bond donors (Lipinski definition) is 1. The summed E-state index contributed by atoms with van der Waals surface area (Å²) in [6.45, 7) is 0.220. The first kappa shape index (κ1) is 21.8. The fraction of sp³-hybridized carbons (Fsp3) is 0.115. The predicted octanol–water partition coefficient (Wildman–Crippen LogP) is 4.26. The third-order valence-corrected chi connectivity index (χ3v) is 5.15. The number of aromatic nitrogens is 2. The van der Waals surface area contributed by atoms with Crippen LogP contribution in [0.2, 0.25) is 0 Å². The number of para-hydroxylation sites is 1. The number of nitrogens with one attached hydrogen (secondary N) is 1. The van der Waals surface area contributed by atoms with Crippen molar-refractivity contribution in [1.82, 2.24) is 15.1 Å². The number of carbonyl (C=O) groups is 2. The maximum Gasteiger partial charge on any atom is 0.341 e. The van der Waals surface area contributed by atoms with Crippen molar-refractivity contribution in [2.75, 3.05) is 14.2 Å². The summed E-state index contributed by atoms with van der Waals surface area (Å²) < 4.78 is 11.7. The van der Waals surface area contributed by atoms with Crippen LogP contribution in [0, 0.1) is 0 Å². The van der Waals surface area contributed by atoms with Crippen molar-refractivity contribution in [3.63, 3.8) is 0 Å². The van der Waals surface area contributed by atoms with Crippen LogP contribution in [0.15, 0.2) is 85.1 Å². The van der Waals surface area contributed by atoms with E-state index in [4.69, 9.17) is 9.47 Å². The molecule has 7 heteroatoms. The summed E-state index contributed by atoms with van der Waals surface area (Å²) in [6, 6.07) is 24.3. The van der Waals surface area contributed by atoms with Gasteiger partial charge in [-0.25, -0.2) is 9.48 Å². The molecule has 3 aromatic carbocycles. The lowest BCUT2D eigenvalue weighted by Crippen LogP contribution is -2.23. The molecular formula is C26H23N3O4. The fourth-order valence-corrected chi connectivity index (χ4v) is 3.47. The van der Waals surface area contributed by atoms with E-state index in [1.807, 2.05) is 60.7 Å². The Balaban J connectivity index is 1.62. The van der Waals surface area contributed by atoms with Gasteiger partial charge >= 0.3 is 5.97 Å². The molecule has 4 aromatic rings. The van der Waals surface area contributed by atoms with Crippen LogP contribution in [0.25, 0.3) is 16.9 Å². The number of rotatable bonds is 7. The van der Waals surface area contributed by atoms with Gasteiger partial charge in [0.2, 0.25) is 0 Å². The van der Waals surface area contributed by atoms with Gasteiger partial charge in [0.25, 0.3) is 5.91 Å². The average molecular weight is 441 g/mol. The van der Waals surface area contributed by atoms with Gasteiger partial charge in [-0.15, -0.1) is 0 Å². The van der Waals surface area contributed by atoms with Crippen LogP contribution in [0.4, 0.5) is 0 Å². The van der Waals surface area contributed by atoms with Gasteiger partial charge in [0, 0.05) is 18.3 Å². The highest BCUT2D eigenvalue weighted by molar-refractivity contribution is 6.00. The summed E-state index contributed by atoms with van der Waals surface area (Å²) in [7, 11) is 2.80. The van der Waals surface area contributed by atoms with E-state index in [-0.39, 0.29) is 12.5 Å². The minimum atomic E-state index is -0.504. The third-order valence-electron chi connectivity index (χ3n) is 5.15. The molecule has 0 fully saturated rings. The van der Waals surface area contributed by atoms with Gasteiger partial charge in [-0.05, 0) is 29.8 Å². The molecule has 0 saturated carbocycles. The smallest absolute Gasteiger partial charge is 0.341 e. The van der Waals surface area contributed by atoms with Crippen LogP contribution >= 0.6 is 0 Å². The molecule has 33 heavy (non-hydrogen) atoms. The Kier molecular flexibility index (Phi) is 6.50. The van der Waals surface area contributed by atoms with Crippen molar-refractivity contribution >= 4 is 11.9 Å². The van der Waals surface area contributed by atoms with Crippen molar-refractivity contribution in [3.8, 4) is 22.7 Å². The molecule has 0 unspecified atom stereocenters. The van der Waals surface area contributed by atoms with E-state index in [0.29, 0.717) is 22.6 Å². The Hall–Kier alpha value is -4.39. The number of ether oxygens (including phenoxy) is 2. The summed E-state index contributed by atoms with van der Waals surface area (Å²) in [5.41, 5.74) is 3.77. The SMILES string of the molecule is COC(=O)c1cc(CNC(=O)c2cn(-c3ccccc3)nc2-c2ccccc2)ccc1OC. The zero-order valence-electron chi connectivity index (χ0n) is 18.3. The molecule has 0 aliphatic rings.